The Morgan fingerprint density at radius 1 is 1.20 bits per heavy atom. The van der Waals surface area contributed by atoms with Gasteiger partial charge in [0.1, 0.15) is 5.56 Å². The fraction of sp³-hybridized carbons (Fsp3) is 0.318. The molecular formula is C22H20N2O6. The van der Waals surface area contributed by atoms with Crippen LogP contribution >= 0.6 is 0 Å². The molecule has 8 heteroatoms. The van der Waals surface area contributed by atoms with Gasteiger partial charge in [0.25, 0.3) is 5.56 Å². The number of aliphatic hydroxyl groups is 1. The third-order valence-electron chi connectivity index (χ3n) is 6.04. The monoisotopic (exact) mass is 408 g/mol. The smallest absolute Gasteiger partial charge is 0.363 e. The third-order valence-corrected chi connectivity index (χ3v) is 6.04. The number of carbonyl (C=O) groups is 1. The second kappa shape index (κ2) is 6.21. The van der Waals surface area contributed by atoms with Crippen LogP contribution in [0.5, 0.6) is 0 Å². The van der Waals surface area contributed by atoms with Crippen LogP contribution in [0.25, 0.3) is 22.3 Å². The first-order chi connectivity index (χ1) is 14.4. The zero-order valence-electron chi connectivity index (χ0n) is 16.8. The van der Waals surface area contributed by atoms with E-state index in [1.54, 1.807) is 13.0 Å². The van der Waals surface area contributed by atoms with Gasteiger partial charge in [-0.15, -0.1) is 0 Å². The molecule has 0 aliphatic carbocycles. The number of carbonyl (C=O) groups excluding carboxylic acids is 1. The Labute approximate surface area is 171 Å². The largest absolute Gasteiger partial charge is 0.401 e. The van der Waals surface area contributed by atoms with Crippen LogP contribution in [0, 0.1) is 0 Å². The molecule has 4 heterocycles. The number of hydrogen-bond acceptors (Lipinski definition) is 7. The van der Waals surface area contributed by atoms with Crippen LogP contribution in [-0.4, -0.2) is 34.8 Å². The van der Waals surface area contributed by atoms with E-state index < -0.39 is 23.1 Å². The molecule has 1 N–H and O–H groups in total. The quantitative estimate of drug-likeness (QED) is 0.409. The van der Waals surface area contributed by atoms with E-state index in [9.17, 15) is 14.7 Å². The van der Waals surface area contributed by atoms with Crippen LogP contribution in [0.3, 0.4) is 0 Å². The van der Waals surface area contributed by atoms with E-state index in [4.69, 9.17) is 19.2 Å². The summed E-state index contributed by atoms with van der Waals surface area (Å²) in [5.74, 6) is -2.96. The fourth-order valence-corrected chi connectivity index (χ4v) is 4.37. The Balaban J connectivity index is 1.85. The molecule has 0 saturated heterocycles. The average molecular weight is 408 g/mol. The minimum Gasteiger partial charge on any atom is -0.401 e. The first-order valence-corrected chi connectivity index (χ1v) is 9.62. The van der Waals surface area contributed by atoms with Gasteiger partial charge in [0.05, 0.1) is 23.4 Å². The van der Waals surface area contributed by atoms with Gasteiger partial charge < -0.3 is 23.9 Å². The van der Waals surface area contributed by atoms with Gasteiger partial charge in [0.15, 0.2) is 5.60 Å². The van der Waals surface area contributed by atoms with E-state index in [-0.39, 0.29) is 17.5 Å². The van der Waals surface area contributed by atoms with Crippen molar-refractivity contribution in [2.75, 3.05) is 14.2 Å². The topological polar surface area (TPSA) is 99.9 Å². The van der Waals surface area contributed by atoms with Gasteiger partial charge in [0, 0.05) is 30.7 Å². The number of methoxy groups -OCH3 is 2. The van der Waals surface area contributed by atoms with E-state index in [2.05, 4.69) is 0 Å². The number of para-hydroxylation sites is 1. The summed E-state index contributed by atoms with van der Waals surface area (Å²) in [5, 5.41) is 12.1. The Morgan fingerprint density at radius 3 is 2.63 bits per heavy atom. The van der Waals surface area contributed by atoms with Crippen LogP contribution in [0.4, 0.5) is 0 Å². The van der Waals surface area contributed by atoms with Crippen LogP contribution < -0.4 is 5.56 Å². The maximum Gasteiger partial charge on any atom is 0.363 e. The van der Waals surface area contributed by atoms with Crippen LogP contribution in [0.15, 0.2) is 41.2 Å². The number of ether oxygens (including phenoxy) is 3. The molecule has 3 aromatic rings. The van der Waals surface area contributed by atoms with Crippen molar-refractivity contribution in [2.45, 2.75) is 31.5 Å². The lowest BCUT2D eigenvalue weighted by Crippen LogP contribution is -2.55. The Kier molecular flexibility index (Phi) is 3.92. The Morgan fingerprint density at radius 2 is 1.93 bits per heavy atom. The van der Waals surface area contributed by atoms with E-state index in [1.165, 1.54) is 18.8 Å². The minimum absolute atomic E-state index is 0.0171. The normalized spacial score (nSPS) is 21.1. The highest BCUT2D eigenvalue weighted by molar-refractivity contribution is 5.86. The van der Waals surface area contributed by atoms with Gasteiger partial charge in [-0.2, -0.15) is 0 Å². The van der Waals surface area contributed by atoms with Gasteiger partial charge in [-0.3, -0.25) is 4.79 Å². The number of aromatic nitrogens is 2. The van der Waals surface area contributed by atoms with Crippen molar-refractivity contribution in [2.24, 2.45) is 0 Å². The SMILES string of the molecule is CC[C@@]1(O)C(=O)OC(OC)(OC)c2c1cc1n(c2=O)Cc2cc3ccccc3nc2-1. The zero-order chi connectivity index (χ0) is 21.3. The molecule has 0 bridgehead atoms. The van der Waals surface area contributed by atoms with Gasteiger partial charge in [-0.05, 0) is 24.6 Å². The zero-order valence-corrected chi connectivity index (χ0v) is 16.8. The van der Waals surface area contributed by atoms with Crippen LogP contribution in [-0.2, 0) is 37.1 Å². The summed E-state index contributed by atoms with van der Waals surface area (Å²) < 4.78 is 17.5. The molecule has 5 rings (SSSR count). The number of fused-ring (bicyclic) bond motifs is 5. The standard InChI is InChI=1S/C22H20N2O6/c1-4-21(27)14-10-16-18-13(9-12-7-5-6-8-15(12)23-18)11-24(16)19(25)17(14)22(28-2,29-3)30-20(21)26/h5-10,27H,4,11H2,1-3H3/t21-/m0/s1. The predicted molar refractivity (Wildman–Crippen MR) is 107 cm³/mol. The molecule has 1 atom stereocenters. The third kappa shape index (κ3) is 2.23. The van der Waals surface area contributed by atoms with Crippen molar-refractivity contribution in [3.8, 4) is 11.4 Å². The highest BCUT2D eigenvalue weighted by atomic mass is 16.9. The number of pyridine rings is 2. The summed E-state index contributed by atoms with van der Waals surface area (Å²) in [4.78, 5) is 31.0. The summed E-state index contributed by atoms with van der Waals surface area (Å²) in [5.41, 5.74) is 0.455. The van der Waals surface area contributed by atoms with Crippen LogP contribution in [0.1, 0.15) is 30.0 Å². The fourth-order valence-electron chi connectivity index (χ4n) is 4.37. The molecule has 2 aliphatic heterocycles. The number of nitrogens with zero attached hydrogens (tertiary/aromatic N) is 2. The van der Waals surface area contributed by atoms with E-state index in [0.717, 1.165) is 16.5 Å². The second-order valence-electron chi connectivity index (χ2n) is 7.47. The van der Waals surface area contributed by atoms with Crippen molar-refractivity contribution in [3.63, 3.8) is 0 Å². The average Bonchev–Trinajstić information content (AvgIpc) is 3.12. The van der Waals surface area contributed by atoms with Crippen molar-refractivity contribution >= 4 is 16.9 Å². The maximum atomic E-state index is 13.6. The van der Waals surface area contributed by atoms with Crippen molar-refractivity contribution in [3.05, 3.63) is 63.4 Å². The lowest BCUT2D eigenvalue weighted by atomic mass is 9.84. The Bertz CT molecular complexity index is 1280. The molecular weight excluding hydrogens is 388 g/mol. The second-order valence-corrected chi connectivity index (χ2v) is 7.47. The first kappa shape index (κ1) is 18.9. The van der Waals surface area contributed by atoms with Gasteiger partial charge >= 0.3 is 11.9 Å². The summed E-state index contributed by atoms with van der Waals surface area (Å²) in [6.07, 6.45) is 0.0171. The number of cyclic esters (lactones) is 1. The van der Waals surface area contributed by atoms with Gasteiger partial charge in [0.2, 0.25) is 0 Å². The highest BCUT2D eigenvalue weighted by Gasteiger charge is 2.57. The lowest BCUT2D eigenvalue weighted by molar-refractivity contribution is -0.368. The number of benzene rings is 1. The van der Waals surface area contributed by atoms with Crippen LogP contribution in [0.2, 0.25) is 0 Å². The molecule has 8 nitrogen and oxygen atoms in total. The van der Waals surface area contributed by atoms with E-state index in [1.807, 2.05) is 30.3 Å². The van der Waals surface area contributed by atoms with Crippen molar-refractivity contribution in [1.82, 2.24) is 9.55 Å². The minimum atomic E-state index is -2.03. The summed E-state index contributed by atoms with van der Waals surface area (Å²) in [6, 6.07) is 11.3. The first-order valence-electron chi connectivity index (χ1n) is 9.62. The molecule has 0 radical (unpaired) electrons. The van der Waals surface area contributed by atoms with Crippen molar-refractivity contribution < 1.29 is 24.1 Å². The molecule has 154 valence electrons. The molecule has 0 spiro atoms. The molecule has 0 saturated carbocycles. The summed E-state index contributed by atoms with van der Waals surface area (Å²) >= 11 is 0. The predicted octanol–water partition coefficient (Wildman–Crippen LogP) is 1.98. The molecule has 0 amide bonds. The maximum absolute atomic E-state index is 13.6. The summed E-state index contributed by atoms with van der Waals surface area (Å²) in [7, 11) is 2.55. The lowest BCUT2D eigenvalue weighted by Gasteiger charge is -2.41. The molecule has 0 unspecified atom stereocenters. The molecule has 2 aliphatic rings. The van der Waals surface area contributed by atoms with Crippen molar-refractivity contribution in [1.29, 1.82) is 0 Å². The molecule has 2 aromatic heterocycles. The summed E-state index contributed by atoms with van der Waals surface area (Å²) in [6.45, 7) is 1.94. The van der Waals surface area contributed by atoms with Gasteiger partial charge in [-0.1, -0.05) is 25.1 Å². The Hall–Kier alpha value is -3.07. The molecule has 1 aromatic carbocycles. The number of hydrogen-bond donors (Lipinski definition) is 1. The highest BCUT2D eigenvalue weighted by Crippen LogP contribution is 2.44. The molecule has 0 fully saturated rings. The van der Waals surface area contributed by atoms with Gasteiger partial charge in [-0.25, -0.2) is 9.78 Å². The molecule has 30 heavy (non-hydrogen) atoms. The number of esters is 1. The van der Waals surface area contributed by atoms with E-state index in [0.29, 0.717) is 17.9 Å². The van der Waals surface area contributed by atoms with E-state index >= 15 is 0 Å². The number of rotatable bonds is 3.